The Morgan fingerprint density at radius 2 is 1.94 bits per heavy atom. The number of benzene rings is 1. The molecule has 0 N–H and O–H groups in total. The van der Waals surface area contributed by atoms with E-state index in [0.717, 1.165) is 17.8 Å². The second-order valence-corrected chi connectivity index (χ2v) is 5.65. The first-order chi connectivity index (χ1) is 7.84. The van der Waals surface area contributed by atoms with Gasteiger partial charge in [-0.3, -0.25) is 4.99 Å². The first-order valence-corrected chi connectivity index (χ1v) is 6.48. The fourth-order valence-electron chi connectivity index (χ4n) is 4.30. The molecule has 4 rings (SSSR count). The van der Waals surface area contributed by atoms with Crippen LogP contribution in [0.2, 0.25) is 0 Å². The van der Waals surface area contributed by atoms with Crippen molar-refractivity contribution in [3.8, 4) is 0 Å². The van der Waals surface area contributed by atoms with E-state index in [0.29, 0.717) is 6.04 Å². The van der Waals surface area contributed by atoms with Gasteiger partial charge in [-0.15, -0.1) is 0 Å². The van der Waals surface area contributed by atoms with Gasteiger partial charge < -0.3 is 0 Å². The average molecular weight is 211 g/mol. The number of nitrogens with zero attached hydrogens (tertiary/aromatic N) is 1. The predicted octanol–water partition coefficient (Wildman–Crippen LogP) is 3.39. The van der Waals surface area contributed by atoms with Crippen LogP contribution in [-0.4, -0.2) is 11.8 Å². The summed E-state index contributed by atoms with van der Waals surface area (Å²) in [7, 11) is 0. The lowest BCUT2D eigenvalue weighted by atomic mass is 9.76. The Bertz CT molecular complexity index is 474. The third-order valence-corrected chi connectivity index (χ3v) is 4.92. The SMILES string of the molecule is CC1=N[C@H]2[C@@H]3CC[C@@H](C3)[C@H]2c2ccccc21. The molecule has 0 amide bonds. The molecule has 0 aromatic heterocycles. The second-order valence-electron chi connectivity index (χ2n) is 5.65. The van der Waals surface area contributed by atoms with Crippen molar-refractivity contribution in [2.45, 2.75) is 38.1 Å². The van der Waals surface area contributed by atoms with E-state index >= 15 is 0 Å². The van der Waals surface area contributed by atoms with Crippen LogP contribution >= 0.6 is 0 Å². The molecular formula is C15H17N. The van der Waals surface area contributed by atoms with Crippen molar-refractivity contribution in [1.29, 1.82) is 0 Å². The maximum absolute atomic E-state index is 4.98. The van der Waals surface area contributed by atoms with Crippen molar-refractivity contribution in [1.82, 2.24) is 0 Å². The number of fused-ring (bicyclic) bond motifs is 7. The molecule has 1 aliphatic heterocycles. The lowest BCUT2D eigenvalue weighted by Gasteiger charge is -2.34. The first kappa shape index (κ1) is 8.98. The Labute approximate surface area is 96.6 Å². The van der Waals surface area contributed by atoms with Gasteiger partial charge in [0.25, 0.3) is 0 Å². The van der Waals surface area contributed by atoms with Crippen LogP contribution in [0.1, 0.15) is 43.2 Å². The van der Waals surface area contributed by atoms with Crippen molar-refractivity contribution < 1.29 is 0 Å². The smallest absolute Gasteiger partial charge is 0.0602 e. The maximum Gasteiger partial charge on any atom is 0.0602 e. The largest absolute Gasteiger partial charge is 0.285 e. The monoisotopic (exact) mass is 211 g/mol. The zero-order valence-electron chi connectivity index (χ0n) is 9.69. The molecule has 4 atom stereocenters. The Balaban J connectivity index is 1.91. The van der Waals surface area contributed by atoms with E-state index in [9.17, 15) is 0 Å². The fraction of sp³-hybridized carbons (Fsp3) is 0.533. The van der Waals surface area contributed by atoms with Crippen molar-refractivity contribution in [3.63, 3.8) is 0 Å². The summed E-state index contributed by atoms with van der Waals surface area (Å²) in [5.41, 5.74) is 4.27. The summed E-state index contributed by atoms with van der Waals surface area (Å²) in [4.78, 5) is 4.98. The first-order valence-electron chi connectivity index (χ1n) is 6.48. The Hall–Kier alpha value is -1.11. The summed E-state index contributed by atoms with van der Waals surface area (Å²) in [6.45, 7) is 2.18. The molecule has 1 heterocycles. The molecule has 2 fully saturated rings. The van der Waals surface area contributed by atoms with E-state index in [1.165, 1.54) is 30.5 Å². The molecule has 82 valence electrons. The Morgan fingerprint density at radius 3 is 2.88 bits per heavy atom. The van der Waals surface area contributed by atoms with E-state index in [4.69, 9.17) is 4.99 Å². The molecule has 1 heteroatoms. The van der Waals surface area contributed by atoms with Crippen LogP contribution in [0.4, 0.5) is 0 Å². The summed E-state index contributed by atoms with van der Waals surface area (Å²) >= 11 is 0. The maximum atomic E-state index is 4.98. The number of aliphatic imine (C=N–C) groups is 1. The normalized spacial score (nSPS) is 39.2. The third kappa shape index (κ3) is 0.991. The summed E-state index contributed by atoms with van der Waals surface area (Å²) in [5.74, 6) is 2.56. The highest BCUT2D eigenvalue weighted by Gasteiger charge is 2.50. The zero-order chi connectivity index (χ0) is 10.7. The van der Waals surface area contributed by atoms with Crippen molar-refractivity contribution >= 4 is 5.71 Å². The van der Waals surface area contributed by atoms with Crippen LogP contribution in [0.15, 0.2) is 29.3 Å². The molecule has 16 heavy (non-hydrogen) atoms. The van der Waals surface area contributed by atoms with Gasteiger partial charge in [0.2, 0.25) is 0 Å². The molecule has 1 aromatic rings. The predicted molar refractivity (Wildman–Crippen MR) is 66.0 cm³/mol. The van der Waals surface area contributed by atoms with Gasteiger partial charge in [-0.1, -0.05) is 24.3 Å². The van der Waals surface area contributed by atoms with Crippen molar-refractivity contribution in [2.24, 2.45) is 16.8 Å². The van der Waals surface area contributed by atoms with Crippen LogP contribution in [0.3, 0.4) is 0 Å². The Morgan fingerprint density at radius 1 is 1.12 bits per heavy atom. The number of rotatable bonds is 0. The minimum atomic E-state index is 0.619. The van der Waals surface area contributed by atoms with Crippen LogP contribution in [0.5, 0.6) is 0 Å². The summed E-state index contributed by atoms with van der Waals surface area (Å²) in [6.07, 6.45) is 4.29. The fourth-order valence-corrected chi connectivity index (χ4v) is 4.30. The number of hydrogen-bond acceptors (Lipinski definition) is 1. The van der Waals surface area contributed by atoms with E-state index in [1.807, 2.05) is 0 Å². The molecule has 0 saturated heterocycles. The van der Waals surface area contributed by atoms with E-state index < -0.39 is 0 Å². The molecule has 1 nitrogen and oxygen atoms in total. The van der Waals surface area contributed by atoms with Gasteiger partial charge in [-0.25, -0.2) is 0 Å². The van der Waals surface area contributed by atoms with Gasteiger partial charge in [-0.2, -0.15) is 0 Å². The molecule has 2 aliphatic carbocycles. The molecule has 1 aromatic carbocycles. The van der Waals surface area contributed by atoms with Crippen LogP contribution < -0.4 is 0 Å². The van der Waals surface area contributed by atoms with Crippen LogP contribution in [0.25, 0.3) is 0 Å². The molecular weight excluding hydrogens is 194 g/mol. The molecule has 0 spiro atoms. The molecule has 2 bridgehead atoms. The lowest BCUT2D eigenvalue weighted by molar-refractivity contribution is 0.363. The highest BCUT2D eigenvalue weighted by Crippen LogP contribution is 2.56. The van der Waals surface area contributed by atoms with E-state index in [1.54, 1.807) is 5.56 Å². The third-order valence-electron chi connectivity index (χ3n) is 4.92. The van der Waals surface area contributed by atoms with Gasteiger partial charge in [0.1, 0.15) is 0 Å². The van der Waals surface area contributed by atoms with E-state index in [2.05, 4.69) is 31.2 Å². The zero-order valence-corrected chi connectivity index (χ0v) is 9.69. The van der Waals surface area contributed by atoms with Gasteiger partial charge in [0.05, 0.1) is 6.04 Å². The summed E-state index contributed by atoms with van der Waals surface area (Å²) in [5, 5.41) is 0. The summed E-state index contributed by atoms with van der Waals surface area (Å²) in [6, 6.07) is 9.54. The molecule has 3 aliphatic rings. The lowest BCUT2D eigenvalue weighted by Crippen LogP contribution is -2.30. The summed E-state index contributed by atoms with van der Waals surface area (Å²) < 4.78 is 0. The number of hydrogen-bond donors (Lipinski definition) is 0. The van der Waals surface area contributed by atoms with Crippen molar-refractivity contribution in [3.05, 3.63) is 35.4 Å². The highest BCUT2D eigenvalue weighted by molar-refractivity contribution is 6.01. The molecule has 0 unspecified atom stereocenters. The van der Waals surface area contributed by atoms with Crippen LogP contribution in [0, 0.1) is 11.8 Å². The topological polar surface area (TPSA) is 12.4 Å². The van der Waals surface area contributed by atoms with E-state index in [-0.39, 0.29) is 0 Å². The van der Waals surface area contributed by atoms with Gasteiger partial charge >= 0.3 is 0 Å². The van der Waals surface area contributed by atoms with Crippen LogP contribution in [-0.2, 0) is 0 Å². The molecule has 0 radical (unpaired) electrons. The average Bonchev–Trinajstić information content (AvgIpc) is 2.90. The van der Waals surface area contributed by atoms with Gasteiger partial charge in [-0.05, 0) is 49.1 Å². The molecule has 2 saturated carbocycles. The minimum Gasteiger partial charge on any atom is -0.285 e. The minimum absolute atomic E-state index is 0.619. The quantitative estimate of drug-likeness (QED) is 0.623. The van der Waals surface area contributed by atoms with Crippen molar-refractivity contribution in [2.75, 3.05) is 0 Å². The van der Waals surface area contributed by atoms with Gasteiger partial charge in [0, 0.05) is 11.6 Å². The second kappa shape index (κ2) is 2.97. The standard InChI is InChI=1S/C15H17N/c1-9-12-4-2-3-5-13(12)14-10-6-7-11(8-10)15(14)16-9/h2-5,10-11,14-15H,6-8H2,1H3/t10-,11+,14-,15-/m0/s1. The Kier molecular flexibility index (Phi) is 1.66. The van der Waals surface area contributed by atoms with Gasteiger partial charge in [0.15, 0.2) is 0 Å². The highest BCUT2D eigenvalue weighted by atomic mass is 14.9.